The molecule has 1 rings (SSSR count). The van der Waals surface area contributed by atoms with Gasteiger partial charge in [0.05, 0.1) is 16.1 Å². The average molecular weight is 417 g/mol. The van der Waals surface area contributed by atoms with Crippen molar-refractivity contribution in [1.82, 2.24) is 0 Å². The quantitative estimate of drug-likeness (QED) is 0.345. The fourth-order valence-corrected chi connectivity index (χ4v) is 20.7. The zero-order valence-corrected chi connectivity index (χ0v) is 22.9. The van der Waals surface area contributed by atoms with Crippen molar-refractivity contribution >= 4 is 16.1 Å². The lowest BCUT2D eigenvalue weighted by molar-refractivity contribution is 0.825. The Morgan fingerprint density at radius 2 is 0.643 bits per heavy atom. The van der Waals surface area contributed by atoms with Crippen LogP contribution >= 0.6 is 0 Å². The second kappa shape index (κ2) is 9.93. The van der Waals surface area contributed by atoms with Crippen molar-refractivity contribution in [3.63, 3.8) is 0 Å². The Labute approximate surface area is 179 Å². The van der Waals surface area contributed by atoms with E-state index in [1.165, 1.54) is 0 Å². The maximum absolute atomic E-state index is 2.55. The lowest BCUT2D eigenvalue weighted by atomic mass is 10.3. The number of allylic oxidation sites excluding steroid dienone is 8. The first-order valence-corrected chi connectivity index (χ1v) is 16.1. The molecule has 0 heterocycles. The van der Waals surface area contributed by atoms with Gasteiger partial charge in [-0.05, 0) is 33.2 Å². The Kier molecular flexibility index (Phi) is 9.02. The van der Waals surface area contributed by atoms with Crippen LogP contribution < -0.4 is 0 Å². The van der Waals surface area contributed by atoms with Crippen molar-refractivity contribution in [2.45, 2.75) is 116 Å². The van der Waals surface area contributed by atoms with Gasteiger partial charge in [-0.3, -0.25) is 0 Å². The van der Waals surface area contributed by atoms with Crippen LogP contribution in [0.2, 0.25) is 33.2 Å². The molecular weight excluding hydrogens is 368 g/mol. The van der Waals surface area contributed by atoms with Crippen molar-refractivity contribution < 1.29 is 0 Å². The van der Waals surface area contributed by atoms with Gasteiger partial charge < -0.3 is 0 Å². The smallest absolute Gasteiger partial charge is 0.0648 e. The van der Waals surface area contributed by atoms with Crippen LogP contribution in [0, 0.1) is 0 Å². The van der Waals surface area contributed by atoms with Gasteiger partial charge in [0.2, 0.25) is 0 Å². The topological polar surface area (TPSA) is 0 Å². The summed E-state index contributed by atoms with van der Waals surface area (Å²) in [6.45, 7) is 29.6. The highest BCUT2D eigenvalue weighted by molar-refractivity contribution is 6.91. The van der Waals surface area contributed by atoms with Crippen LogP contribution in [0.25, 0.3) is 0 Å². The minimum absolute atomic E-state index is 0.742. The fourth-order valence-electron chi connectivity index (χ4n) is 7.19. The molecule has 1 aliphatic carbocycles. The molecule has 0 saturated heterocycles. The molecule has 0 saturated carbocycles. The SMILES string of the molecule is CC(C)[Si](C1=CC=C([Si](C(C)C)(C(C)C)C(C)C)C=CC=C1)(C(C)C)C(C)C. The van der Waals surface area contributed by atoms with Crippen LogP contribution in [-0.2, 0) is 0 Å². The fraction of sp³-hybridized carbons (Fsp3) is 0.692. The van der Waals surface area contributed by atoms with Crippen molar-refractivity contribution in [1.29, 1.82) is 0 Å². The van der Waals surface area contributed by atoms with Crippen molar-refractivity contribution in [3.8, 4) is 0 Å². The molecule has 1 aliphatic rings. The summed E-state index contributed by atoms with van der Waals surface area (Å²) in [5.74, 6) is 0. The van der Waals surface area contributed by atoms with Crippen LogP contribution in [0.15, 0.2) is 46.8 Å². The molecule has 0 aliphatic heterocycles. The molecule has 28 heavy (non-hydrogen) atoms. The summed E-state index contributed by atoms with van der Waals surface area (Å²) < 4.78 is 0. The molecule has 0 aromatic heterocycles. The van der Waals surface area contributed by atoms with Gasteiger partial charge in [0, 0.05) is 0 Å². The number of rotatable bonds is 8. The lowest BCUT2D eigenvalue weighted by Crippen LogP contribution is -2.47. The summed E-state index contributed by atoms with van der Waals surface area (Å²) in [6.07, 6.45) is 14.6. The second-order valence-corrected chi connectivity index (χ2v) is 22.6. The Balaban J connectivity index is 3.74. The molecule has 0 unspecified atom stereocenters. The zero-order valence-electron chi connectivity index (χ0n) is 20.9. The summed E-state index contributed by atoms with van der Waals surface area (Å²) in [4.78, 5) is 0. The minimum Gasteiger partial charge on any atom is -0.0648 e. The van der Waals surface area contributed by atoms with E-state index in [-0.39, 0.29) is 0 Å². The standard InChI is InChI=1S/C26H48Si2/c1-19(2)27(20(3)4,21(5)6)25-15-13-14-16-26(18-17-25)28(22(7)8,23(9)10)24(11)12/h13-24H,1-12H3. The van der Waals surface area contributed by atoms with E-state index in [2.05, 4.69) is 120 Å². The summed E-state index contributed by atoms with van der Waals surface area (Å²) in [5.41, 5.74) is 4.45. The minimum atomic E-state index is -1.64. The third-order valence-electron chi connectivity index (χ3n) is 7.84. The first-order chi connectivity index (χ1) is 12.9. The number of hydrogen-bond donors (Lipinski definition) is 0. The molecule has 0 nitrogen and oxygen atoms in total. The molecule has 0 fully saturated rings. The molecular formula is C26H48Si2. The molecule has 0 radical (unpaired) electrons. The molecule has 0 atom stereocenters. The third-order valence-corrected chi connectivity index (χ3v) is 22.0. The molecule has 2 heteroatoms. The van der Waals surface area contributed by atoms with Gasteiger partial charge in [0.25, 0.3) is 0 Å². The average Bonchev–Trinajstić information content (AvgIpc) is 2.50. The highest BCUT2D eigenvalue weighted by Crippen LogP contribution is 2.49. The third kappa shape index (κ3) is 4.28. The van der Waals surface area contributed by atoms with Crippen LogP contribution in [0.3, 0.4) is 0 Å². The van der Waals surface area contributed by atoms with E-state index < -0.39 is 16.1 Å². The van der Waals surface area contributed by atoms with Gasteiger partial charge in [-0.1, -0.05) is 130 Å². The molecule has 160 valence electrons. The van der Waals surface area contributed by atoms with Crippen LogP contribution in [0.1, 0.15) is 83.1 Å². The molecule has 0 aromatic carbocycles. The van der Waals surface area contributed by atoms with Crippen molar-refractivity contribution in [2.75, 3.05) is 0 Å². The summed E-state index contributed by atoms with van der Waals surface area (Å²) in [7, 11) is -3.28. The van der Waals surface area contributed by atoms with E-state index in [1.54, 1.807) is 10.4 Å². The predicted molar refractivity (Wildman–Crippen MR) is 137 cm³/mol. The van der Waals surface area contributed by atoms with Gasteiger partial charge >= 0.3 is 0 Å². The summed E-state index contributed by atoms with van der Waals surface area (Å²) in [6, 6.07) is 0. The Bertz CT molecular complexity index is 525. The molecule has 0 aromatic rings. The molecule has 0 amide bonds. The van der Waals surface area contributed by atoms with Crippen LogP contribution in [-0.4, -0.2) is 16.1 Å². The van der Waals surface area contributed by atoms with E-state index in [9.17, 15) is 0 Å². The molecule has 0 N–H and O–H groups in total. The highest BCUT2D eigenvalue weighted by atomic mass is 28.3. The zero-order chi connectivity index (χ0) is 21.9. The molecule has 0 spiro atoms. The largest absolute Gasteiger partial charge is 0.0942 e. The molecule has 0 bridgehead atoms. The second-order valence-electron chi connectivity index (χ2n) is 10.8. The van der Waals surface area contributed by atoms with Gasteiger partial charge in [-0.2, -0.15) is 0 Å². The summed E-state index contributed by atoms with van der Waals surface area (Å²) >= 11 is 0. The Morgan fingerprint density at radius 1 is 0.429 bits per heavy atom. The Hall–Kier alpha value is -0.606. The maximum atomic E-state index is 2.55. The summed E-state index contributed by atoms with van der Waals surface area (Å²) in [5, 5.41) is 3.29. The van der Waals surface area contributed by atoms with Gasteiger partial charge in [0.1, 0.15) is 0 Å². The van der Waals surface area contributed by atoms with Crippen LogP contribution in [0.4, 0.5) is 0 Å². The first kappa shape index (κ1) is 25.4. The monoisotopic (exact) mass is 416 g/mol. The van der Waals surface area contributed by atoms with Crippen LogP contribution in [0.5, 0.6) is 0 Å². The van der Waals surface area contributed by atoms with E-state index in [0.29, 0.717) is 0 Å². The van der Waals surface area contributed by atoms with Crippen molar-refractivity contribution in [3.05, 3.63) is 46.8 Å². The van der Waals surface area contributed by atoms with E-state index in [0.717, 1.165) is 33.2 Å². The Morgan fingerprint density at radius 3 is 0.821 bits per heavy atom. The first-order valence-electron chi connectivity index (χ1n) is 11.6. The number of hydrogen-bond acceptors (Lipinski definition) is 0. The lowest BCUT2D eigenvalue weighted by Gasteiger charge is -2.46. The van der Waals surface area contributed by atoms with Gasteiger partial charge in [0.15, 0.2) is 0 Å². The maximum Gasteiger partial charge on any atom is 0.0942 e. The van der Waals surface area contributed by atoms with Gasteiger partial charge in [-0.15, -0.1) is 0 Å². The van der Waals surface area contributed by atoms with E-state index in [4.69, 9.17) is 0 Å². The normalized spacial score (nSPS) is 16.5. The highest BCUT2D eigenvalue weighted by Gasteiger charge is 2.46. The predicted octanol–water partition coefficient (Wildman–Crippen LogP) is 9.40. The van der Waals surface area contributed by atoms with E-state index in [1.807, 2.05) is 0 Å². The van der Waals surface area contributed by atoms with Gasteiger partial charge in [-0.25, -0.2) is 0 Å². The van der Waals surface area contributed by atoms with Crippen molar-refractivity contribution in [2.24, 2.45) is 0 Å². The van der Waals surface area contributed by atoms with E-state index >= 15 is 0 Å².